The van der Waals surface area contributed by atoms with Crippen LogP contribution in [-0.4, -0.2) is 18.9 Å². The lowest BCUT2D eigenvalue weighted by molar-refractivity contribution is -0.156. The first-order chi connectivity index (χ1) is 12.9. The summed E-state index contributed by atoms with van der Waals surface area (Å²) >= 11 is 0. The smallest absolute Gasteiger partial charge is 0.305 e. The first kappa shape index (κ1) is 19.5. The highest BCUT2D eigenvalue weighted by atomic mass is 16.5. The average Bonchev–Trinajstić information content (AvgIpc) is 3.00. The van der Waals surface area contributed by atoms with Gasteiger partial charge in [-0.05, 0) is 86.4 Å². The van der Waals surface area contributed by atoms with Gasteiger partial charge in [0.2, 0.25) is 0 Å². The van der Waals surface area contributed by atoms with Crippen LogP contribution in [0.2, 0.25) is 0 Å². The third-order valence-corrected chi connectivity index (χ3v) is 9.79. The minimum Gasteiger partial charge on any atom is -0.469 e. The summed E-state index contributed by atoms with van der Waals surface area (Å²) in [7, 11) is 1.46. The fourth-order valence-corrected chi connectivity index (χ4v) is 8.18. The van der Waals surface area contributed by atoms with Gasteiger partial charge in [-0.2, -0.15) is 0 Å². The third-order valence-electron chi connectivity index (χ3n) is 9.79. The van der Waals surface area contributed by atoms with Gasteiger partial charge in [0.05, 0.1) is 7.11 Å². The summed E-state index contributed by atoms with van der Waals surface area (Å²) in [6, 6.07) is 0. The lowest BCUT2D eigenvalue weighted by atomic mass is 9.44. The van der Waals surface area contributed by atoms with Crippen molar-refractivity contribution in [3.05, 3.63) is 0 Å². The van der Waals surface area contributed by atoms with Gasteiger partial charge in [0, 0.05) is 18.3 Å². The summed E-state index contributed by atoms with van der Waals surface area (Å²) in [5.41, 5.74) is 0.288. The van der Waals surface area contributed by atoms with Gasteiger partial charge in [0.15, 0.2) is 0 Å². The number of ketones is 1. The molecule has 4 fully saturated rings. The molecule has 0 aromatic heterocycles. The monoisotopic (exact) mass is 374 g/mol. The van der Waals surface area contributed by atoms with E-state index in [0.717, 1.165) is 31.1 Å². The van der Waals surface area contributed by atoms with Gasteiger partial charge in [0.1, 0.15) is 5.78 Å². The van der Waals surface area contributed by atoms with Crippen molar-refractivity contribution in [2.24, 2.45) is 40.4 Å². The lowest BCUT2D eigenvalue weighted by Crippen LogP contribution is -2.56. The maximum absolute atomic E-state index is 13.5. The molecule has 0 heterocycles. The number of esters is 1. The van der Waals surface area contributed by atoms with Crippen LogP contribution in [0.3, 0.4) is 0 Å². The number of ether oxygens (including phenoxy) is 1. The second kappa shape index (κ2) is 7.19. The molecule has 7 atom stereocenters. The first-order valence-corrected chi connectivity index (χ1v) is 11.5. The lowest BCUT2D eigenvalue weighted by Gasteiger charge is -2.59. The highest BCUT2D eigenvalue weighted by Crippen LogP contribution is 2.66. The van der Waals surface area contributed by atoms with Crippen molar-refractivity contribution < 1.29 is 14.3 Å². The van der Waals surface area contributed by atoms with Gasteiger partial charge >= 0.3 is 5.97 Å². The number of methoxy groups -OCH3 is 1. The molecule has 27 heavy (non-hydrogen) atoms. The minimum absolute atomic E-state index is 0.117. The molecule has 0 aliphatic heterocycles. The van der Waals surface area contributed by atoms with Crippen LogP contribution in [0.25, 0.3) is 0 Å². The zero-order valence-corrected chi connectivity index (χ0v) is 17.6. The van der Waals surface area contributed by atoms with Crippen LogP contribution >= 0.6 is 0 Å². The van der Waals surface area contributed by atoms with Crippen molar-refractivity contribution in [3.8, 4) is 0 Å². The molecule has 152 valence electrons. The van der Waals surface area contributed by atoms with Crippen LogP contribution in [0.1, 0.15) is 90.9 Å². The Morgan fingerprint density at radius 1 is 1.07 bits per heavy atom. The van der Waals surface area contributed by atoms with Crippen LogP contribution in [0, 0.1) is 40.4 Å². The molecule has 4 saturated carbocycles. The van der Waals surface area contributed by atoms with E-state index in [1.54, 1.807) is 0 Å². The first-order valence-electron chi connectivity index (χ1n) is 11.5. The Kier molecular flexibility index (Phi) is 5.18. The van der Waals surface area contributed by atoms with Crippen LogP contribution in [0.15, 0.2) is 0 Å². The topological polar surface area (TPSA) is 43.4 Å². The predicted octanol–water partition coefficient (Wildman–Crippen LogP) is 5.56. The van der Waals surface area contributed by atoms with Gasteiger partial charge in [-0.15, -0.1) is 0 Å². The number of hydrogen-bond donors (Lipinski definition) is 0. The third kappa shape index (κ3) is 2.99. The number of hydrogen-bond acceptors (Lipinski definition) is 3. The minimum atomic E-state index is -0.130. The van der Waals surface area contributed by atoms with E-state index in [-0.39, 0.29) is 11.4 Å². The fourth-order valence-electron chi connectivity index (χ4n) is 8.18. The molecule has 4 rings (SSSR count). The molecule has 4 aliphatic carbocycles. The molecule has 0 N–H and O–H groups in total. The maximum atomic E-state index is 13.5. The quantitative estimate of drug-likeness (QED) is 0.605. The van der Waals surface area contributed by atoms with E-state index in [1.807, 2.05) is 0 Å². The van der Waals surface area contributed by atoms with E-state index < -0.39 is 0 Å². The van der Waals surface area contributed by atoms with E-state index >= 15 is 0 Å². The second-order valence-electron chi connectivity index (χ2n) is 10.6. The van der Waals surface area contributed by atoms with Gasteiger partial charge in [-0.25, -0.2) is 0 Å². The van der Waals surface area contributed by atoms with Crippen LogP contribution in [0.5, 0.6) is 0 Å². The van der Waals surface area contributed by atoms with Crippen molar-refractivity contribution in [1.29, 1.82) is 0 Å². The molecular formula is C24H38O3. The Balaban J connectivity index is 1.51. The summed E-state index contributed by atoms with van der Waals surface area (Å²) in [4.78, 5) is 25.0. The maximum Gasteiger partial charge on any atom is 0.305 e. The largest absolute Gasteiger partial charge is 0.469 e. The number of rotatable bonds is 4. The normalized spacial score (nSPS) is 46.3. The molecular weight excluding hydrogens is 336 g/mol. The van der Waals surface area contributed by atoms with Crippen molar-refractivity contribution in [3.63, 3.8) is 0 Å². The van der Waals surface area contributed by atoms with E-state index in [9.17, 15) is 9.59 Å². The predicted molar refractivity (Wildman–Crippen MR) is 106 cm³/mol. The standard InChI is InChI=1S/C24H38O3/c1-23-14-5-4-7-16(23)10-12-18-19-13-11-17(8-6-9-22(26)27-3)24(19,2)21(25)15-20(18)23/h16-20H,4-15H2,1-3H3/t16?,17-,18?,19?,20?,23?,24?/m0/s1. The highest BCUT2D eigenvalue weighted by molar-refractivity contribution is 5.87. The zero-order valence-electron chi connectivity index (χ0n) is 17.6. The Hall–Kier alpha value is -0.860. The summed E-state index contributed by atoms with van der Waals surface area (Å²) in [5, 5.41) is 0. The number of Topliss-reactive ketones (excluding diaryl/α,β-unsaturated/α-hetero) is 1. The zero-order chi connectivity index (χ0) is 19.2. The van der Waals surface area contributed by atoms with Crippen molar-refractivity contribution in [2.75, 3.05) is 7.11 Å². The summed E-state index contributed by atoms with van der Waals surface area (Å²) in [6.45, 7) is 4.83. The number of carbonyl (C=O) groups is 2. The van der Waals surface area contributed by atoms with E-state index in [2.05, 4.69) is 13.8 Å². The Labute approximate surface area is 165 Å². The van der Waals surface area contributed by atoms with E-state index in [1.165, 1.54) is 58.5 Å². The number of fused-ring (bicyclic) bond motifs is 5. The molecule has 3 nitrogen and oxygen atoms in total. The van der Waals surface area contributed by atoms with Crippen LogP contribution < -0.4 is 0 Å². The van der Waals surface area contributed by atoms with E-state index in [4.69, 9.17) is 4.74 Å². The van der Waals surface area contributed by atoms with Gasteiger partial charge in [-0.3, -0.25) is 9.59 Å². The second-order valence-corrected chi connectivity index (χ2v) is 10.6. The molecule has 4 aliphatic rings. The molecule has 6 unspecified atom stereocenters. The summed E-state index contributed by atoms with van der Waals surface area (Å²) < 4.78 is 4.79. The van der Waals surface area contributed by atoms with Crippen molar-refractivity contribution in [2.45, 2.75) is 90.9 Å². The summed E-state index contributed by atoms with van der Waals surface area (Å²) in [5.74, 6) is 3.76. The molecule has 0 spiro atoms. The van der Waals surface area contributed by atoms with Crippen molar-refractivity contribution in [1.82, 2.24) is 0 Å². The SMILES string of the molecule is COC(=O)CCC[C@H]1CCC2C3CCC4CCCCC4(C)C3CC(=O)C21C. The van der Waals surface area contributed by atoms with Crippen LogP contribution in [-0.2, 0) is 14.3 Å². The molecule has 0 aromatic carbocycles. The van der Waals surface area contributed by atoms with E-state index in [0.29, 0.717) is 35.4 Å². The molecule has 0 bridgehead atoms. The average molecular weight is 375 g/mol. The van der Waals surface area contributed by atoms with Gasteiger partial charge in [0.25, 0.3) is 0 Å². The molecule has 0 aromatic rings. The molecule has 0 amide bonds. The highest BCUT2D eigenvalue weighted by Gasteiger charge is 2.62. The van der Waals surface area contributed by atoms with Crippen LogP contribution in [0.4, 0.5) is 0 Å². The van der Waals surface area contributed by atoms with Gasteiger partial charge < -0.3 is 4.74 Å². The Bertz CT molecular complexity index is 598. The molecule has 3 heteroatoms. The van der Waals surface area contributed by atoms with Gasteiger partial charge in [-0.1, -0.05) is 26.7 Å². The molecule has 0 saturated heterocycles. The van der Waals surface area contributed by atoms with Crippen molar-refractivity contribution >= 4 is 11.8 Å². The summed E-state index contributed by atoms with van der Waals surface area (Å²) in [6.07, 6.45) is 13.8. The Morgan fingerprint density at radius 3 is 2.67 bits per heavy atom. The fraction of sp³-hybridized carbons (Fsp3) is 0.917. The number of carbonyl (C=O) groups excluding carboxylic acids is 2. The molecule has 0 radical (unpaired) electrons. The Morgan fingerprint density at radius 2 is 1.89 bits per heavy atom.